The van der Waals surface area contributed by atoms with Crippen LogP contribution in [0.3, 0.4) is 0 Å². The summed E-state index contributed by atoms with van der Waals surface area (Å²) in [7, 11) is 0. The Morgan fingerprint density at radius 3 is 2.38 bits per heavy atom. The van der Waals surface area contributed by atoms with Crippen molar-refractivity contribution >= 4 is 5.91 Å². The second-order valence-electron chi connectivity index (χ2n) is 8.42. The van der Waals surface area contributed by atoms with Crippen molar-refractivity contribution in [3.8, 4) is 11.3 Å². The molecule has 1 heterocycles. The number of amides is 1. The van der Waals surface area contributed by atoms with Crippen molar-refractivity contribution in [1.82, 2.24) is 10.5 Å². The lowest BCUT2D eigenvalue weighted by molar-refractivity contribution is -0.128. The smallest absolute Gasteiger partial charge is 0.224 e. The van der Waals surface area contributed by atoms with Crippen molar-refractivity contribution in [2.24, 2.45) is 5.92 Å². The number of hydrogen-bond acceptors (Lipinski definition) is 3. The van der Waals surface area contributed by atoms with Crippen LogP contribution in [-0.2, 0) is 10.3 Å². The maximum absolute atomic E-state index is 13.3. The zero-order chi connectivity index (χ0) is 19.7. The van der Waals surface area contributed by atoms with Gasteiger partial charge in [-0.15, -0.1) is 0 Å². The molecule has 0 aliphatic heterocycles. The number of aromatic nitrogens is 1. The molecule has 1 N–H and O–H groups in total. The van der Waals surface area contributed by atoms with E-state index in [2.05, 4.69) is 34.7 Å². The molecule has 2 fully saturated rings. The van der Waals surface area contributed by atoms with E-state index >= 15 is 0 Å². The molecule has 0 radical (unpaired) electrons. The van der Waals surface area contributed by atoms with Gasteiger partial charge >= 0.3 is 0 Å². The molecule has 2 aliphatic carbocycles. The minimum absolute atomic E-state index is 0.0371. The molecule has 2 saturated carbocycles. The van der Waals surface area contributed by atoms with Gasteiger partial charge in [-0.1, -0.05) is 72.2 Å². The lowest BCUT2D eigenvalue weighted by Crippen LogP contribution is -2.52. The van der Waals surface area contributed by atoms with Crippen LogP contribution in [0.25, 0.3) is 11.3 Å². The van der Waals surface area contributed by atoms with Crippen LogP contribution in [0.15, 0.2) is 71.3 Å². The highest BCUT2D eigenvalue weighted by molar-refractivity contribution is 5.81. The van der Waals surface area contributed by atoms with E-state index in [4.69, 9.17) is 4.52 Å². The highest BCUT2D eigenvalue weighted by Gasteiger charge is 2.43. The van der Waals surface area contributed by atoms with Crippen molar-refractivity contribution in [2.75, 3.05) is 0 Å². The third-order valence-corrected chi connectivity index (χ3v) is 6.72. The van der Waals surface area contributed by atoms with Crippen LogP contribution in [-0.4, -0.2) is 11.1 Å². The minimum Gasteiger partial charge on any atom is -0.356 e. The summed E-state index contributed by atoms with van der Waals surface area (Å²) < 4.78 is 5.61. The van der Waals surface area contributed by atoms with Crippen LogP contribution in [0.1, 0.15) is 55.7 Å². The second kappa shape index (κ2) is 7.51. The van der Waals surface area contributed by atoms with E-state index in [0.29, 0.717) is 0 Å². The fraction of sp³-hybridized carbons (Fsp3) is 0.360. The Bertz CT molecular complexity index is 976. The maximum Gasteiger partial charge on any atom is 0.224 e. The fourth-order valence-electron chi connectivity index (χ4n) is 4.93. The van der Waals surface area contributed by atoms with E-state index in [0.717, 1.165) is 55.5 Å². The van der Waals surface area contributed by atoms with Gasteiger partial charge in [0, 0.05) is 23.5 Å². The van der Waals surface area contributed by atoms with Gasteiger partial charge < -0.3 is 9.84 Å². The van der Waals surface area contributed by atoms with Gasteiger partial charge in [0.1, 0.15) is 0 Å². The summed E-state index contributed by atoms with van der Waals surface area (Å²) >= 11 is 0. The van der Waals surface area contributed by atoms with E-state index in [1.165, 1.54) is 5.56 Å². The molecule has 3 aromatic rings. The van der Waals surface area contributed by atoms with Gasteiger partial charge in [-0.05, 0) is 37.7 Å². The van der Waals surface area contributed by atoms with Crippen molar-refractivity contribution < 1.29 is 9.32 Å². The van der Waals surface area contributed by atoms with Crippen LogP contribution in [0, 0.1) is 5.92 Å². The highest BCUT2D eigenvalue weighted by atomic mass is 16.5. The number of hydrogen-bond donors (Lipinski definition) is 1. The lowest BCUT2D eigenvalue weighted by Gasteiger charge is -2.44. The summed E-state index contributed by atoms with van der Waals surface area (Å²) in [5.74, 6) is 1.03. The van der Waals surface area contributed by atoms with Crippen LogP contribution in [0.5, 0.6) is 0 Å². The van der Waals surface area contributed by atoms with E-state index in [9.17, 15) is 4.79 Å². The molecule has 4 heteroatoms. The van der Waals surface area contributed by atoms with Gasteiger partial charge in [0.05, 0.1) is 11.2 Å². The van der Waals surface area contributed by atoms with Crippen molar-refractivity contribution in [1.29, 1.82) is 0 Å². The standard InChI is InChI=1S/C25H26N2O2/c28-24(26-25(15-8-16-25)19-11-5-2-6-12-19)21-14-7-13-20(21)22-17-23(29-27-22)18-9-3-1-4-10-18/h1-6,9-12,17,20-21H,7-8,13-16H2,(H,26,28)/t20-,21-/m1/s1. The van der Waals surface area contributed by atoms with Gasteiger partial charge in [0.2, 0.25) is 5.91 Å². The molecule has 0 spiro atoms. The van der Waals surface area contributed by atoms with E-state index in [-0.39, 0.29) is 23.3 Å². The molecule has 0 unspecified atom stereocenters. The predicted molar refractivity (Wildman–Crippen MR) is 112 cm³/mol. The van der Waals surface area contributed by atoms with Crippen LogP contribution in [0.4, 0.5) is 0 Å². The third kappa shape index (κ3) is 3.37. The van der Waals surface area contributed by atoms with Crippen LogP contribution >= 0.6 is 0 Å². The first-order valence-corrected chi connectivity index (χ1v) is 10.6. The lowest BCUT2D eigenvalue weighted by atomic mass is 9.71. The van der Waals surface area contributed by atoms with E-state index in [1.54, 1.807) is 0 Å². The second-order valence-corrected chi connectivity index (χ2v) is 8.42. The van der Waals surface area contributed by atoms with Gasteiger partial charge in [-0.3, -0.25) is 4.79 Å². The summed E-state index contributed by atoms with van der Waals surface area (Å²) in [6.45, 7) is 0. The fourth-order valence-corrected chi connectivity index (χ4v) is 4.93. The van der Waals surface area contributed by atoms with Crippen LogP contribution < -0.4 is 5.32 Å². The average Bonchev–Trinajstić information content (AvgIpc) is 3.41. The molecule has 1 amide bonds. The molecule has 148 valence electrons. The number of carbonyl (C=O) groups is 1. The topological polar surface area (TPSA) is 55.1 Å². The van der Waals surface area contributed by atoms with E-state index < -0.39 is 0 Å². The van der Waals surface area contributed by atoms with Crippen LogP contribution in [0.2, 0.25) is 0 Å². The molecule has 2 aliphatic rings. The molecule has 1 aromatic heterocycles. The molecule has 29 heavy (non-hydrogen) atoms. The zero-order valence-corrected chi connectivity index (χ0v) is 16.5. The summed E-state index contributed by atoms with van der Waals surface area (Å²) in [6, 6.07) is 22.4. The number of rotatable bonds is 5. The Labute approximate surface area is 171 Å². The first-order chi connectivity index (χ1) is 14.3. The Kier molecular flexibility index (Phi) is 4.70. The molecule has 0 bridgehead atoms. The third-order valence-electron chi connectivity index (χ3n) is 6.72. The first kappa shape index (κ1) is 18.2. The number of nitrogens with zero attached hydrogens (tertiary/aromatic N) is 1. The molecule has 5 rings (SSSR count). The van der Waals surface area contributed by atoms with Gasteiger partial charge in [-0.25, -0.2) is 0 Å². The highest BCUT2D eigenvalue weighted by Crippen LogP contribution is 2.44. The number of carbonyl (C=O) groups excluding carboxylic acids is 1. The number of nitrogens with one attached hydrogen (secondary N) is 1. The molecular weight excluding hydrogens is 360 g/mol. The van der Waals surface area contributed by atoms with Crippen molar-refractivity contribution in [3.63, 3.8) is 0 Å². The summed E-state index contributed by atoms with van der Waals surface area (Å²) in [6.07, 6.45) is 6.14. The maximum atomic E-state index is 13.3. The Balaban J connectivity index is 1.35. The summed E-state index contributed by atoms with van der Waals surface area (Å²) in [4.78, 5) is 13.3. The summed E-state index contributed by atoms with van der Waals surface area (Å²) in [5.41, 5.74) is 2.96. The van der Waals surface area contributed by atoms with Gasteiger partial charge in [0.25, 0.3) is 0 Å². The predicted octanol–water partition coefficient (Wildman–Crippen LogP) is 5.42. The minimum atomic E-state index is -0.190. The average molecular weight is 386 g/mol. The Morgan fingerprint density at radius 1 is 0.966 bits per heavy atom. The van der Waals surface area contributed by atoms with Crippen molar-refractivity contribution in [3.05, 3.63) is 78.0 Å². The Morgan fingerprint density at radius 2 is 1.69 bits per heavy atom. The molecular formula is C25H26N2O2. The number of benzene rings is 2. The summed E-state index contributed by atoms with van der Waals surface area (Å²) in [5, 5.41) is 7.77. The molecule has 4 nitrogen and oxygen atoms in total. The quantitative estimate of drug-likeness (QED) is 0.637. The molecule has 0 saturated heterocycles. The first-order valence-electron chi connectivity index (χ1n) is 10.6. The van der Waals surface area contributed by atoms with Crippen molar-refractivity contribution in [2.45, 2.75) is 50.0 Å². The monoisotopic (exact) mass is 386 g/mol. The zero-order valence-electron chi connectivity index (χ0n) is 16.5. The molecule has 2 aromatic carbocycles. The Hall–Kier alpha value is -2.88. The van der Waals surface area contributed by atoms with Gasteiger partial charge in [-0.2, -0.15) is 0 Å². The molecule has 2 atom stereocenters. The SMILES string of the molecule is O=C(NC1(c2ccccc2)CCC1)[C@@H]1CCC[C@H]1c1cc(-c2ccccc2)on1. The largest absolute Gasteiger partial charge is 0.356 e. The van der Waals surface area contributed by atoms with E-state index in [1.807, 2.05) is 42.5 Å². The normalized spacial score (nSPS) is 22.8. The van der Waals surface area contributed by atoms with Gasteiger partial charge in [0.15, 0.2) is 5.76 Å².